The summed E-state index contributed by atoms with van der Waals surface area (Å²) in [6.45, 7) is 2.28. The summed E-state index contributed by atoms with van der Waals surface area (Å²) in [5.74, 6) is -0.351. The first-order chi connectivity index (χ1) is 13.2. The van der Waals surface area contributed by atoms with Crippen LogP contribution in [0, 0.1) is 0 Å². The van der Waals surface area contributed by atoms with Gasteiger partial charge in [-0.15, -0.1) is 11.3 Å². The number of fused-ring (bicyclic) bond motifs is 1. The lowest BCUT2D eigenvalue weighted by Crippen LogP contribution is -2.08. The van der Waals surface area contributed by atoms with E-state index in [-0.39, 0.29) is 19.0 Å². The highest BCUT2D eigenvalue weighted by Gasteiger charge is 2.14. The van der Waals surface area contributed by atoms with Gasteiger partial charge in [-0.25, -0.2) is 4.98 Å². The van der Waals surface area contributed by atoms with Gasteiger partial charge in [-0.2, -0.15) is 0 Å². The highest BCUT2D eigenvalue weighted by molar-refractivity contribution is 7.13. The standard InChI is InChI=1S/C21H18N2O3S/c1-2-14-7-9-15(10-8-14)21-22-16(13-27-21)12-25-20(24)11-18-17-5-3-4-6-19(17)26-23-18/h3-10,13H,2,11-12H2,1H3. The predicted molar refractivity (Wildman–Crippen MR) is 104 cm³/mol. The number of rotatable bonds is 6. The van der Waals surface area contributed by atoms with Gasteiger partial charge in [0.05, 0.1) is 12.1 Å². The molecule has 0 N–H and O–H groups in total. The molecule has 2 aromatic carbocycles. The average molecular weight is 378 g/mol. The first-order valence-electron chi connectivity index (χ1n) is 8.75. The van der Waals surface area contributed by atoms with Gasteiger partial charge in [0.15, 0.2) is 5.58 Å². The Morgan fingerprint density at radius 3 is 2.78 bits per heavy atom. The molecule has 0 radical (unpaired) electrons. The molecule has 27 heavy (non-hydrogen) atoms. The van der Waals surface area contributed by atoms with Crippen LogP contribution in [0.25, 0.3) is 21.5 Å². The molecule has 136 valence electrons. The van der Waals surface area contributed by atoms with Gasteiger partial charge in [0, 0.05) is 16.3 Å². The van der Waals surface area contributed by atoms with Crippen LogP contribution in [0.2, 0.25) is 0 Å². The number of benzene rings is 2. The fraction of sp³-hybridized carbons (Fsp3) is 0.190. The van der Waals surface area contributed by atoms with Gasteiger partial charge in [0.1, 0.15) is 17.3 Å². The summed E-state index contributed by atoms with van der Waals surface area (Å²) >= 11 is 1.55. The number of aromatic nitrogens is 2. The zero-order chi connectivity index (χ0) is 18.6. The van der Waals surface area contributed by atoms with Crippen molar-refractivity contribution >= 4 is 28.3 Å². The Kier molecular flexibility index (Phi) is 4.98. The van der Waals surface area contributed by atoms with E-state index in [0.29, 0.717) is 11.3 Å². The molecule has 0 amide bonds. The monoisotopic (exact) mass is 378 g/mol. The Bertz CT molecular complexity index is 1070. The summed E-state index contributed by atoms with van der Waals surface area (Å²) in [6.07, 6.45) is 1.09. The molecule has 0 aliphatic carbocycles. The van der Waals surface area contributed by atoms with Crippen molar-refractivity contribution in [3.05, 3.63) is 70.9 Å². The third-order valence-corrected chi connectivity index (χ3v) is 5.25. The maximum atomic E-state index is 12.1. The van der Waals surface area contributed by atoms with E-state index in [9.17, 15) is 4.79 Å². The van der Waals surface area contributed by atoms with E-state index >= 15 is 0 Å². The number of hydrogen-bond donors (Lipinski definition) is 0. The van der Waals surface area contributed by atoms with Gasteiger partial charge in [-0.1, -0.05) is 48.5 Å². The number of carbonyl (C=O) groups excluding carboxylic acids is 1. The van der Waals surface area contributed by atoms with Crippen molar-refractivity contribution in [2.24, 2.45) is 0 Å². The third-order valence-electron chi connectivity index (χ3n) is 4.31. The van der Waals surface area contributed by atoms with Gasteiger partial charge < -0.3 is 9.26 Å². The van der Waals surface area contributed by atoms with Crippen molar-refractivity contribution in [3.8, 4) is 10.6 Å². The highest BCUT2D eigenvalue weighted by Crippen LogP contribution is 2.25. The Balaban J connectivity index is 1.37. The zero-order valence-corrected chi connectivity index (χ0v) is 15.7. The van der Waals surface area contributed by atoms with E-state index < -0.39 is 0 Å². The van der Waals surface area contributed by atoms with Crippen LogP contribution in [-0.4, -0.2) is 16.1 Å². The van der Waals surface area contributed by atoms with Gasteiger partial charge in [-0.3, -0.25) is 4.79 Å². The molecular formula is C21H18N2O3S. The molecule has 0 saturated carbocycles. The van der Waals surface area contributed by atoms with E-state index in [1.165, 1.54) is 5.56 Å². The van der Waals surface area contributed by atoms with E-state index in [2.05, 4.69) is 41.3 Å². The van der Waals surface area contributed by atoms with Crippen molar-refractivity contribution in [2.45, 2.75) is 26.4 Å². The molecule has 0 bridgehead atoms. The van der Waals surface area contributed by atoms with Crippen LogP contribution < -0.4 is 0 Å². The average Bonchev–Trinajstić information content (AvgIpc) is 3.34. The van der Waals surface area contributed by atoms with Crippen LogP contribution >= 0.6 is 11.3 Å². The van der Waals surface area contributed by atoms with Gasteiger partial charge in [0.2, 0.25) is 0 Å². The minimum atomic E-state index is -0.351. The summed E-state index contributed by atoms with van der Waals surface area (Å²) < 4.78 is 10.6. The Morgan fingerprint density at radius 2 is 1.96 bits per heavy atom. The van der Waals surface area contributed by atoms with Crippen molar-refractivity contribution < 1.29 is 14.1 Å². The van der Waals surface area contributed by atoms with E-state index in [1.807, 2.05) is 29.6 Å². The Morgan fingerprint density at radius 1 is 1.15 bits per heavy atom. The molecule has 0 aliphatic rings. The second-order valence-corrected chi connectivity index (χ2v) is 7.02. The van der Waals surface area contributed by atoms with E-state index in [0.717, 1.165) is 28.1 Å². The van der Waals surface area contributed by atoms with Gasteiger partial charge in [0.25, 0.3) is 0 Å². The quantitative estimate of drug-likeness (QED) is 0.451. The molecule has 5 nitrogen and oxygen atoms in total. The normalized spacial score (nSPS) is 11.0. The number of carbonyl (C=O) groups is 1. The number of esters is 1. The second kappa shape index (κ2) is 7.72. The van der Waals surface area contributed by atoms with E-state index in [4.69, 9.17) is 9.26 Å². The lowest BCUT2D eigenvalue weighted by molar-refractivity contribution is -0.144. The van der Waals surface area contributed by atoms with Crippen molar-refractivity contribution in [1.82, 2.24) is 10.1 Å². The fourth-order valence-corrected chi connectivity index (χ4v) is 3.61. The number of aryl methyl sites for hydroxylation is 1. The largest absolute Gasteiger partial charge is 0.459 e. The zero-order valence-electron chi connectivity index (χ0n) is 14.8. The summed E-state index contributed by atoms with van der Waals surface area (Å²) in [6, 6.07) is 15.8. The fourth-order valence-electron chi connectivity index (χ4n) is 2.80. The first-order valence-corrected chi connectivity index (χ1v) is 9.63. The number of ether oxygens (including phenoxy) is 1. The number of para-hydroxylation sites is 1. The maximum Gasteiger partial charge on any atom is 0.312 e. The van der Waals surface area contributed by atoms with Crippen LogP contribution in [0.3, 0.4) is 0 Å². The minimum Gasteiger partial charge on any atom is -0.459 e. The smallest absolute Gasteiger partial charge is 0.312 e. The summed E-state index contributed by atoms with van der Waals surface area (Å²) in [5.41, 5.74) is 4.37. The number of hydrogen-bond acceptors (Lipinski definition) is 6. The minimum absolute atomic E-state index is 0.0759. The molecular weight excluding hydrogens is 360 g/mol. The first kappa shape index (κ1) is 17.4. The summed E-state index contributed by atoms with van der Waals surface area (Å²) in [4.78, 5) is 16.7. The van der Waals surface area contributed by atoms with Crippen molar-refractivity contribution in [1.29, 1.82) is 0 Å². The van der Waals surface area contributed by atoms with Crippen LogP contribution in [0.1, 0.15) is 23.9 Å². The topological polar surface area (TPSA) is 65.2 Å². The Hall–Kier alpha value is -2.99. The lowest BCUT2D eigenvalue weighted by Gasteiger charge is -2.01. The molecule has 2 heterocycles. The van der Waals surface area contributed by atoms with Crippen LogP contribution in [0.4, 0.5) is 0 Å². The molecule has 4 rings (SSSR count). The SMILES string of the molecule is CCc1ccc(-c2nc(COC(=O)Cc3noc4ccccc34)cs2)cc1. The Labute approximate surface area is 160 Å². The van der Waals surface area contributed by atoms with Gasteiger partial charge in [-0.05, 0) is 24.1 Å². The molecule has 0 unspecified atom stereocenters. The lowest BCUT2D eigenvalue weighted by atomic mass is 10.1. The second-order valence-electron chi connectivity index (χ2n) is 6.16. The van der Waals surface area contributed by atoms with Gasteiger partial charge >= 0.3 is 5.97 Å². The predicted octanol–water partition coefficient (Wildman–Crippen LogP) is 4.80. The number of thiazole rings is 1. The molecule has 0 aliphatic heterocycles. The highest BCUT2D eigenvalue weighted by atomic mass is 32.1. The van der Waals surface area contributed by atoms with Crippen LogP contribution in [-0.2, 0) is 29.0 Å². The summed E-state index contributed by atoms with van der Waals surface area (Å²) in [5, 5.41) is 7.63. The number of nitrogens with zero attached hydrogens (tertiary/aromatic N) is 2. The van der Waals surface area contributed by atoms with Crippen molar-refractivity contribution in [3.63, 3.8) is 0 Å². The maximum absolute atomic E-state index is 12.1. The molecule has 4 aromatic rings. The molecule has 0 saturated heterocycles. The molecule has 2 aromatic heterocycles. The molecule has 0 fully saturated rings. The van der Waals surface area contributed by atoms with Crippen LogP contribution in [0.15, 0.2) is 58.4 Å². The third kappa shape index (κ3) is 3.90. The van der Waals surface area contributed by atoms with Crippen LogP contribution in [0.5, 0.6) is 0 Å². The summed E-state index contributed by atoms with van der Waals surface area (Å²) in [7, 11) is 0. The van der Waals surface area contributed by atoms with Crippen molar-refractivity contribution in [2.75, 3.05) is 0 Å². The molecule has 6 heteroatoms. The molecule has 0 atom stereocenters. The van der Waals surface area contributed by atoms with E-state index in [1.54, 1.807) is 11.3 Å². The molecule has 0 spiro atoms.